The molecule has 106 valence electrons. The van der Waals surface area contributed by atoms with Crippen molar-refractivity contribution in [2.45, 2.75) is 32.3 Å². The highest BCUT2D eigenvalue weighted by atomic mass is 16.3. The number of rotatable bonds is 1. The number of piperidine rings is 1. The Morgan fingerprint density at radius 1 is 1.35 bits per heavy atom. The van der Waals surface area contributed by atoms with E-state index in [0.717, 1.165) is 47.4 Å². The molecule has 1 atom stereocenters. The maximum absolute atomic E-state index is 10.3. The molecule has 1 aliphatic rings. The van der Waals surface area contributed by atoms with Gasteiger partial charge >= 0.3 is 0 Å². The smallest absolute Gasteiger partial charge is 0.0794 e. The molecule has 2 heterocycles. The Morgan fingerprint density at radius 2 is 2.15 bits per heavy atom. The first-order valence-electron chi connectivity index (χ1n) is 7.09. The number of aryl methyl sites for hydroxylation is 1. The molecule has 4 heteroatoms. The molecule has 3 rings (SSSR count). The van der Waals surface area contributed by atoms with Crippen molar-refractivity contribution >= 4 is 22.3 Å². The van der Waals surface area contributed by atoms with Gasteiger partial charge in [0.1, 0.15) is 0 Å². The first kappa shape index (κ1) is 13.2. The van der Waals surface area contributed by atoms with E-state index in [1.165, 1.54) is 0 Å². The molecule has 1 fully saturated rings. The van der Waals surface area contributed by atoms with Crippen LogP contribution in [0.25, 0.3) is 10.9 Å². The third-order valence-electron chi connectivity index (χ3n) is 3.95. The molecule has 0 amide bonds. The Hall–Kier alpha value is -1.81. The Morgan fingerprint density at radius 3 is 2.90 bits per heavy atom. The van der Waals surface area contributed by atoms with Gasteiger partial charge < -0.3 is 15.7 Å². The van der Waals surface area contributed by atoms with Crippen LogP contribution in [0.5, 0.6) is 0 Å². The lowest BCUT2D eigenvalue weighted by Gasteiger charge is -2.38. The van der Waals surface area contributed by atoms with Crippen molar-refractivity contribution in [2.24, 2.45) is 0 Å². The van der Waals surface area contributed by atoms with Crippen LogP contribution in [0.4, 0.5) is 11.4 Å². The summed E-state index contributed by atoms with van der Waals surface area (Å²) in [5.41, 5.74) is 9.11. The predicted molar refractivity (Wildman–Crippen MR) is 83.0 cm³/mol. The summed E-state index contributed by atoms with van der Waals surface area (Å²) in [7, 11) is 0. The fourth-order valence-corrected chi connectivity index (χ4v) is 3.04. The molecule has 2 aromatic rings. The maximum Gasteiger partial charge on any atom is 0.0794 e. The number of benzene rings is 1. The molecular weight excluding hydrogens is 250 g/mol. The second-order valence-electron chi connectivity index (χ2n) is 6.08. The number of pyridine rings is 1. The molecular formula is C16H21N3O. The van der Waals surface area contributed by atoms with Crippen LogP contribution in [0.3, 0.4) is 0 Å². The van der Waals surface area contributed by atoms with Crippen LogP contribution in [-0.2, 0) is 0 Å². The fraction of sp³-hybridized carbons (Fsp3) is 0.438. The molecule has 3 N–H and O–H groups in total. The van der Waals surface area contributed by atoms with E-state index in [9.17, 15) is 5.11 Å². The number of aliphatic hydroxyl groups is 1. The van der Waals surface area contributed by atoms with Gasteiger partial charge in [0, 0.05) is 35.5 Å². The summed E-state index contributed by atoms with van der Waals surface area (Å²) >= 11 is 0. The summed E-state index contributed by atoms with van der Waals surface area (Å²) in [6.07, 6.45) is 1.85. The van der Waals surface area contributed by atoms with Crippen LogP contribution >= 0.6 is 0 Å². The molecule has 0 saturated carbocycles. The van der Waals surface area contributed by atoms with E-state index in [4.69, 9.17) is 5.73 Å². The fourth-order valence-electron chi connectivity index (χ4n) is 3.04. The van der Waals surface area contributed by atoms with Gasteiger partial charge in [-0.05, 0) is 51.0 Å². The first-order chi connectivity index (χ1) is 9.44. The van der Waals surface area contributed by atoms with Gasteiger partial charge in [0.25, 0.3) is 0 Å². The largest absolute Gasteiger partial charge is 0.399 e. The minimum Gasteiger partial charge on any atom is -0.399 e. The topological polar surface area (TPSA) is 62.4 Å². The molecule has 20 heavy (non-hydrogen) atoms. The second kappa shape index (κ2) is 4.63. The highest BCUT2D eigenvalue weighted by molar-refractivity contribution is 5.94. The van der Waals surface area contributed by atoms with Gasteiger partial charge in [0.2, 0.25) is 0 Å². The van der Waals surface area contributed by atoms with E-state index in [2.05, 4.69) is 16.0 Å². The third-order valence-corrected chi connectivity index (χ3v) is 3.95. The van der Waals surface area contributed by atoms with Gasteiger partial charge in [-0.25, -0.2) is 0 Å². The minimum atomic E-state index is -0.623. The lowest BCUT2D eigenvalue weighted by Crippen LogP contribution is -2.46. The van der Waals surface area contributed by atoms with Crippen LogP contribution in [0.1, 0.15) is 25.5 Å². The third kappa shape index (κ3) is 2.43. The van der Waals surface area contributed by atoms with Gasteiger partial charge in [-0.15, -0.1) is 0 Å². The number of nitrogen functional groups attached to an aromatic ring is 1. The molecule has 0 aliphatic carbocycles. The van der Waals surface area contributed by atoms with E-state index >= 15 is 0 Å². The normalized spacial score (nSPS) is 23.2. The molecule has 0 spiro atoms. The standard InChI is InChI=1S/C16H21N3O/c1-11-8-15(19-7-3-6-16(2,20)10-19)13-9-12(17)4-5-14(13)18-11/h4-5,8-9,20H,3,6-7,10,17H2,1-2H3. The van der Waals surface area contributed by atoms with Crippen molar-refractivity contribution < 1.29 is 5.11 Å². The number of hydrogen-bond acceptors (Lipinski definition) is 4. The molecule has 1 aromatic carbocycles. The van der Waals surface area contributed by atoms with E-state index < -0.39 is 5.60 Å². The summed E-state index contributed by atoms with van der Waals surface area (Å²) in [5, 5.41) is 11.4. The first-order valence-corrected chi connectivity index (χ1v) is 7.09. The van der Waals surface area contributed by atoms with E-state index in [1.807, 2.05) is 32.0 Å². The van der Waals surface area contributed by atoms with Crippen molar-refractivity contribution in [3.8, 4) is 0 Å². The molecule has 0 bridgehead atoms. The van der Waals surface area contributed by atoms with E-state index in [1.54, 1.807) is 0 Å². The highest BCUT2D eigenvalue weighted by Gasteiger charge is 2.29. The summed E-state index contributed by atoms with van der Waals surface area (Å²) < 4.78 is 0. The zero-order valence-corrected chi connectivity index (χ0v) is 12.1. The number of hydrogen-bond donors (Lipinski definition) is 2. The Labute approximate surface area is 119 Å². The Kier molecular flexibility index (Phi) is 3.05. The van der Waals surface area contributed by atoms with Crippen LogP contribution in [-0.4, -0.2) is 28.8 Å². The van der Waals surface area contributed by atoms with Gasteiger partial charge in [-0.2, -0.15) is 0 Å². The van der Waals surface area contributed by atoms with Crippen LogP contribution in [0, 0.1) is 6.92 Å². The van der Waals surface area contributed by atoms with E-state index in [0.29, 0.717) is 6.54 Å². The zero-order valence-electron chi connectivity index (χ0n) is 12.1. The summed E-state index contributed by atoms with van der Waals surface area (Å²) in [4.78, 5) is 6.81. The number of nitrogens with two attached hydrogens (primary N) is 1. The average molecular weight is 271 g/mol. The molecule has 1 saturated heterocycles. The van der Waals surface area contributed by atoms with Gasteiger partial charge in [-0.1, -0.05) is 0 Å². The van der Waals surface area contributed by atoms with Gasteiger partial charge in [0.15, 0.2) is 0 Å². The quantitative estimate of drug-likeness (QED) is 0.782. The highest BCUT2D eigenvalue weighted by Crippen LogP contribution is 2.32. The lowest BCUT2D eigenvalue weighted by atomic mass is 9.94. The monoisotopic (exact) mass is 271 g/mol. The summed E-state index contributed by atoms with van der Waals surface area (Å²) in [6, 6.07) is 7.90. The molecule has 1 unspecified atom stereocenters. The number of anilines is 2. The number of nitrogens with zero attached hydrogens (tertiary/aromatic N) is 2. The van der Waals surface area contributed by atoms with Crippen molar-refractivity contribution in [3.63, 3.8) is 0 Å². The zero-order chi connectivity index (χ0) is 14.3. The van der Waals surface area contributed by atoms with Crippen molar-refractivity contribution in [1.29, 1.82) is 0 Å². The summed E-state index contributed by atoms with van der Waals surface area (Å²) in [5.74, 6) is 0. The predicted octanol–water partition coefficient (Wildman–Crippen LogP) is 2.48. The van der Waals surface area contributed by atoms with Crippen molar-refractivity contribution in [2.75, 3.05) is 23.7 Å². The molecule has 0 radical (unpaired) electrons. The number of β-amino-alcohol motifs (C(OH)–C–C–N with tert-alkyl or cyclic N) is 1. The van der Waals surface area contributed by atoms with Crippen LogP contribution in [0.15, 0.2) is 24.3 Å². The van der Waals surface area contributed by atoms with Gasteiger partial charge in [0.05, 0.1) is 11.1 Å². The second-order valence-corrected chi connectivity index (χ2v) is 6.08. The number of aromatic nitrogens is 1. The molecule has 1 aromatic heterocycles. The van der Waals surface area contributed by atoms with Crippen molar-refractivity contribution in [1.82, 2.24) is 4.98 Å². The van der Waals surface area contributed by atoms with E-state index in [-0.39, 0.29) is 0 Å². The van der Waals surface area contributed by atoms with Gasteiger partial charge in [-0.3, -0.25) is 4.98 Å². The number of fused-ring (bicyclic) bond motifs is 1. The van der Waals surface area contributed by atoms with Crippen LogP contribution in [0.2, 0.25) is 0 Å². The van der Waals surface area contributed by atoms with Crippen molar-refractivity contribution in [3.05, 3.63) is 30.0 Å². The maximum atomic E-state index is 10.3. The minimum absolute atomic E-state index is 0.623. The van der Waals surface area contributed by atoms with Crippen LogP contribution < -0.4 is 10.6 Å². The lowest BCUT2D eigenvalue weighted by molar-refractivity contribution is 0.0450. The Bertz CT molecular complexity index is 651. The Balaban J connectivity index is 2.12. The summed E-state index contributed by atoms with van der Waals surface area (Å²) in [6.45, 7) is 5.52. The molecule has 4 nitrogen and oxygen atoms in total. The SMILES string of the molecule is Cc1cc(N2CCCC(C)(O)C2)c2cc(N)ccc2n1. The molecule has 1 aliphatic heterocycles. The average Bonchev–Trinajstić information content (AvgIpc) is 2.37.